The first-order chi connectivity index (χ1) is 19.0. The van der Waals surface area contributed by atoms with Gasteiger partial charge < -0.3 is 23.5 Å². The third-order valence-electron chi connectivity index (χ3n) is 8.59. The van der Waals surface area contributed by atoms with E-state index in [1.54, 1.807) is 18.5 Å². The Morgan fingerprint density at radius 3 is 2.73 bits per heavy atom. The van der Waals surface area contributed by atoms with Crippen LogP contribution in [0.15, 0.2) is 54.1 Å². The molecule has 2 aliphatic heterocycles. The number of allylic oxidation sites excluding steroid dienone is 3. The summed E-state index contributed by atoms with van der Waals surface area (Å²) >= 11 is 0. The molecule has 1 aliphatic carbocycles. The Balaban J connectivity index is 1.74. The zero-order chi connectivity index (χ0) is 29.1. The predicted octanol–water partition coefficient (Wildman–Crippen LogP) is 5.56. The van der Waals surface area contributed by atoms with Crippen molar-refractivity contribution in [2.75, 3.05) is 13.7 Å². The van der Waals surface area contributed by atoms with Crippen LogP contribution in [0.1, 0.15) is 66.0 Å². The zero-order valence-corrected chi connectivity index (χ0v) is 24.9. The first-order valence-electron chi connectivity index (χ1n) is 14.4. The second kappa shape index (κ2) is 12.3. The number of hydrogen-bond donors (Lipinski definition) is 0. The van der Waals surface area contributed by atoms with Crippen LogP contribution in [0, 0.1) is 23.7 Å². The van der Waals surface area contributed by atoms with Crippen LogP contribution < -0.4 is 0 Å². The molecule has 218 valence electrons. The predicted molar refractivity (Wildman–Crippen MR) is 153 cm³/mol. The molecular weight excluding hydrogens is 508 g/mol. The van der Waals surface area contributed by atoms with Gasteiger partial charge in [-0.1, -0.05) is 44.9 Å². The van der Waals surface area contributed by atoms with E-state index in [1.807, 2.05) is 36.9 Å². The van der Waals surface area contributed by atoms with Crippen LogP contribution in [0.5, 0.6) is 0 Å². The summed E-state index contributed by atoms with van der Waals surface area (Å²) in [6.45, 7) is 10.8. The lowest BCUT2D eigenvalue weighted by Gasteiger charge is -2.41. The van der Waals surface area contributed by atoms with Crippen molar-refractivity contribution in [1.82, 2.24) is 9.55 Å². The average Bonchev–Trinajstić information content (AvgIpc) is 3.51. The normalized spacial score (nSPS) is 33.0. The van der Waals surface area contributed by atoms with E-state index in [0.29, 0.717) is 30.2 Å². The molecule has 0 fully saturated rings. The van der Waals surface area contributed by atoms with Gasteiger partial charge in [-0.05, 0) is 75.0 Å². The Morgan fingerprint density at radius 1 is 1.30 bits per heavy atom. The maximum Gasteiger partial charge on any atom is 0.339 e. The van der Waals surface area contributed by atoms with E-state index < -0.39 is 29.4 Å². The highest BCUT2D eigenvalue weighted by Gasteiger charge is 2.55. The van der Waals surface area contributed by atoms with Crippen molar-refractivity contribution in [3.8, 4) is 0 Å². The highest BCUT2D eigenvalue weighted by Crippen LogP contribution is 2.49. The molecule has 1 aromatic heterocycles. The molecule has 3 heterocycles. The number of ether oxygens (including phenoxy) is 4. The van der Waals surface area contributed by atoms with Crippen molar-refractivity contribution >= 4 is 18.0 Å². The molecule has 0 spiro atoms. The summed E-state index contributed by atoms with van der Waals surface area (Å²) in [7, 11) is 3.40. The van der Waals surface area contributed by atoms with Gasteiger partial charge in [-0.2, -0.15) is 0 Å². The quantitative estimate of drug-likeness (QED) is 0.171. The van der Waals surface area contributed by atoms with Crippen molar-refractivity contribution in [2.45, 2.75) is 77.8 Å². The second-order valence-corrected chi connectivity index (χ2v) is 11.8. The Labute approximate surface area is 238 Å². The number of fused-ring (bicyclic) bond motifs is 3. The fourth-order valence-corrected chi connectivity index (χ4v) is 6.13. The summed E-state index contributed by atoms with van der Waals surface area (Å²) in [5.74, 6) is -1.66. The smallest absolute Gasteiger partial charge is 0.339 e. The molecule has 0 saturated carbocycles. The molecule has 0 saturated heterocycles. The lowest BCUT2D eigenvalue weighted by atomic mass is 9.65. The number of unbranched alkanes of at least 4 members (excludes halogenated alkanes) is 1. The molecule has 8 nitrogen and oxygen atoms in total. The van der Waals surface area contributed by atoms with Gasteiger partial charge in [0, 0.05) is 26.4 Å². The first kappa shape index (κ1) is 30.0. The van der Waals surface area contributed by atoms with Crippen molar-refractivity contribution < 1.29 is 28.5 Å². The summed E-state index contributed by atoms with van der Waals surface area (Å²) in [5.41, 5.74) is 1.20. The maximum atomic E-state index is 13.6. The molecule has 4 rings (SSSR count). The van der Waals surface area contributed by atoms with E-state index in [9.17, 15) is 9.59 Å². The third kappa shape index (κ3) is 6.18. The number of carbonyl (C=O) groups is 2. The van der Waals surface area contributed by atoms with E-state index in [1.165, 1.54) is 18.8 Å². The van der Waals surface area contributed by atoms with Gasteiger partial charge in [0.25, 0.3) is 0 Å². The summed E-state index contributed by atoms with van der Waals surface area (Å²) in [6, 6.07) is 0. The van der Waals surface area contributed by atoms with Crippen LogP contribution in [-0.4, -0.2) is 52.7 Å². The minimum absolute atomic E-state index is 0.0102. The van der Waals surface area contributed by atoms with Crippen LogP contribution in [0.25, 0.3) is 6.08 Å². The van der Waals surface area contributed by atoms with Gasteiger partial charge in [0.15, 0.2) is 0 Å². The Kier molecular flexibility index (Phi) is 9.20. The highest BCUT2D eigenvalue weighted by atomic mass is 16.7. The van der Waals surface area contributed by atoms with Gasteiger partial charge in [0.2, 0.25) is 5.79 Å². The van der Waals surface area contributed by atoms with Crippen LogP contribution in [0.2, 0.25) is 0 Å². The fourth-order valence-electron chi connectivity index (χ4n) is 6.13. The molecule has 6 atom stereocenters. The number of nitrogens with zero attached hydrogens (tertiary/aromatic N) is 2. The first-order valence-corrected chi connectivity index (χ1v) is 14.4. The molecule has 0 radical (unpaired) electrons. The number of carbonyl (C=O) groups excluding carboxylic acids is 2. The topological polar surface area (TPSA) is 88.9 Å². The van der Waals surface area contributed by atoms with E-state index in [0.717, 1.165) is 19.3 Å². The van der Waals surface area contributed by atoms with Crippen LogP contribution >= 0.6 is 0 Å². The minimum atomic E-state index is -1.45. The number of imidazole rings is 1. The number of aryl methyl sites for hydroxylation is 1. The van der Waals surface area contributed by atoms with E-state index >= 15 is 0 Å². The van der Waals surface area contributed by atoms with Gasteiger partial charge in [-0.25, -0.2) is 14.6 Å². The second-order valence-electron chi connectivity index (χ2n) is 11.8. The van der Waals surface area contributed by atoms with Crippen molar-refractivity contribution in [2.24, 2.45) is 30.7 Å². The average molecular weight is 553 g/mol. The SMILES string of the molecule is CCCCOC(=O)/C1=C/[C@@H]2[C@@H](C(C)C)CC=C(C)[C@@H]2C[C@H](OC(=O)/C=C/c2cn(C)cn2)[C@]2(C)C=C[C@@]1(OC)O2. The molecule has 2 bridgehead atoms. The summed E-state index contributed by atoms with van der Waals surface area (Å²) < 4.78 is 26.3. The molecule has 0 amide bonds. The van der Waals surface area contributed by atoms with Crippen molar-refractivity contribution in [3.63, 3.8) is 0 Å². The molecule has 3 aliphatic rings. The van der Waals surface area contributed by atoms with Gasteiger partial charge in [-0.3, -0.25) is 0 Å². The van der Waals surface area contributed by atoms with E-state index in [4.69, 9.17) is 18.9 Å². The van der Waals surface area contributed by atoms with Crippen molar-refractivity contribution in [3.05, 3.63) is 59.7 Å². The van der Waals surface area contributed by atoms with Crippen molar-refractivity contribution in [1.29, 1.82) is 0 Å². The summed E-state index contributed by atoms with van der Waals surface area (Å²) in [6.07, 6.45) is 17.0. The number of methoxy groups -OCH3 is 1. The van der Waals surface area contributed by atoms with Gasteiger partial charge >= 0.3 is 11.9 Å². The monoisotopic (exact) mass is 552 g/mol. The highest BCUT2D eigenvalue weighted by molar-refractivity contribution is 5.91. The Bertz CT molecular complexity index is 1210. The molecule has 40 heavy (non-hydrogen) atoms. The van der Waals surface area contributed by atoms with Crippen LogP contribution in [-0.2, 0) is 35.6 Å². The number of hydrogen-bond acceptors (Lipinski definition) is 7. The standard InChI is InChI=1S/C32H44N2O6/c1-8-9-16-38-30(36)27-17-26-24(21(2)3)12-10-22(4)25(26)18-28(31(5)14-15-32(27,37-7)40-31)39-29(35)13-11-23-19-34(6)20-33-23/h10-11,13-15,17,19-21,24-26,28H,8-9,12,16,18H2,1-7H3/b13-11+,27-17-/t24-,25+,26-,28+,31+,32-/m1/s1. The number of aromatic nitrogens is 2. The lowest BCUT2D eigenvalue weighted by molar-refractivity contribution is -0.227. The third-order valence-corrected chi connectivity index (χ3v) is 8.59. The molecule has 8 heteroatoms. The fraction of sp³-hybridized carbons (Fsp3) is 0.594. The maximum absolute atomic E-state index is 13.6. The summed E-state index contributed by atoms with van der Waals surface area (Å²) in [4.78, 5) is 31.0. The minimum Gasteiger partial charge on any atom is -0.462 e. The molecule has 0 N–H and O–H groups in total. The molecule has 1 aromatic rings. The molecule has 0 unspecified atom stereocenters. The van der Waals surface area contributed by atoms with Crippen LogP contribution in [0.3, 0.4) is 0 Å². The van der Waals surface area contributed by atoms with E-state index in [2.05, 4.69) is 38.8 Å². The van der Waals surface area contributed by atoms with Gasteiger partial charge in [-0.15, -0.1) is 0 Å². The lowest BCUT2D eigenvalue weighted by Crippen LogP contribution is -2.48. The Hall–Kier alpha value is -2.97. The number of rotatable bonds is 9. The van der Waals surface area contributed by atoms with Crippen LogP contribution in [0.4, 0.5) is 0 Å². The molecular formula is C32H44N2O6. The Morgan fingerprint density at radius 2 is 2.08 bits per heavy atom. The van der Waals surface area contributed by atoms with Gasteiger partial charge in [0.1, 0.15) is 11.7 Å². The van der Waals surface area contributed by atoms with E-state index in [-0.39, 0.29) is 17.8 Å². The largest absolute Gasteiger partial charge is 0.462 e. The number of esters is 2. The summed E-state index contributed by atoms with van der Waals surface area (Å²) in [5, 5.41) is 0. The zero-order valence-electron chi connectivity index (χ0n) is 24.9. The molecule has 0 aromatic carbocycles. The van der Waals surface area contributed by atoms with Gasteiger partial charge in [0.05, 0.1) is 24.2 Å².